The number of aliphatic carboxylic acids is 1. The van der Waals surface area contributed by atoms with Crippen molar-refractivity contribution in [1.29, 1.82) is 0 Å². The van der Waals surface area contributed by atoms with E-state index in [1.807, 2.05) is 6.92 Å². The predicted molar refractivity (Wildman–Crippen MR) is 81.0 cm³/mol. The van der Waals surface area contributed by atoms with E-state index in [9.17, 15) is 9.59 Å². The van der Waals surface area contributed by atoms with Crippen molar-refractivity contribution in [1.82, 2.24) is 0 Å². The van der Waals surface area contributed by atoms with Gasteiger partial charge in [0, 0.05) is 12.3 Å². The number of carboxylic acid groups (broad SMARTS) is 1. The standard InChI is InChI=1S/C16H21NO5/c1-2-21-12-7-5-11(6-8-12)17-16(20)13(10-15(18)19)14-4-3-9-22-14/h5-8,13-14H,2-4,9-10H2,1H3,(H,17,20)(H,18,19)/t13-,14+/m1/s1. The zero-order valence-corrected chi connectivity index (χ0v) is 12.6. The lowest BCUT2D eigenvalue weighted by Crippen LogP contribution is -2.34. The second-order valence-corrected chi connectivity index (χ2v) is 5.20. The van der Waals surface area contributed by atoms with Crippen molar-refractivity contribution in [2.24, 2.45) is 5.92 Å². The first-order chi connectivity index (χ1) is 10.6. The number of carbonyl (C=O) groups excluding carboxylic acids is 1. The summed E-state index contributed by atoms with van der Waals surface area (Å²) in [6.07, 6.45) is 1.03. The van der Waals surface area contributed by atoms with Crippen molar-refractivity contribution >= 4 is 17.6 Å². The number of ether oxygens (including phenoxy) is 2. The van der Waals surface area contributed by atoms with E-state index in [2.05, 4.69) is 5.32 Å². The second kappa shape index (κ2) is 7.79. The summed E-state index contributed by atoms with van der Waals surface area (Å²) in [7, 11) is 0. The molecule has 2 rings (SSSR count). The summed E-state index contributed by atoms with van der Waals surface area (Å²) in [5.74, 6) is -1.27. The number of rotatable bonds is 7. The average molecular weight is 307 g/mol. The van der Waals surface area contributed by atoms with Crippen LogP contribution < -0.4 is 10.1 Å². The van der Waals surface area contributed by atoms with Gasteiger partial charge in [0.1, 0.15) is 5.75 Å². The maximum absolute atomic E-state index is 12.4. The Labute approximate surface area is 129 Å². The van der Waals surface area contributed by atoms with Crippen LogP contribution in [0.5, 0.6) is 5.75 Å². The molecule has 1 aromatic rings. The maximum atomic E-state index is 12.4. The summed E-state index contributed by atoms with van der Waals surface area (Å²) < 4.78 is 10.8. The lowest BCUT2D eigenvalue weighted by molar-refractivity contribution is -0.142. The molecule has 1 aliphatic rings. The van der Waals surface area contributed by atoms with Crippen LogP contribution in [0.25, 0.3) is 0 Å². The number of nitrogens with one attached hydrogen (secondary N) is 1. The number of anilines is 1. The Kier molecular flexibility index (Phi) is 5.77. The highest BCUT2D eigenvalue weighted by molar-refractivity contribution is 5.94. The molecule has 1 amide bonds. The van der Waals surface area contributed by atoms with Crippen LogP contribution in [-0.2, 0) is 14.3 Å². The molecule has 0 saturated carbocycles. The Balaban J connectivity index is 2.01. The van der Waals surface area contributed by atoms with Crippen LogP contribution in [0, 0.1) is 5.92 Å². The molecule has 1 aliphatic heterocycles. The Morgan fingerprint density at radius 3 is 2.68 bits per heavy atom. The van der Waals surface area contributed by atoms with Crippen LogP contribution in [0.1, 0.15) is 26.2 Å². The molecule has 0 radical (unpaired) electrons. The fourth-order valence-electron chi connectivity index (χ4n) is 2.54. The lowest BCUT2D eigenvalue weighted by atomic mass is 9.95. The first-order valence-corrected chi connectivity index (χ1v) is 7.47. The van der Waals surface area contributed by atoms with Gasteiger partial charge in [0.25, 0.3) is 0 Å². The summed E-state index contributed by atoms with van der Waals surface area (Å²) in [4.78, 5) is 23.3. The highest BCUT2D eigenvalue weighted by atomic mass is 16.5. The highest BCUT2D eigenvalue weighted by Gasteiger charge is 2.33. The van der Waals surface area contributed by atoms with E-state index in [1.165, 1.54) is 0 Å². The smallest absolute Gasteiger partial charge is 0.304 e. The van der Waals surface area contributed by atoms with E-state index < -0.39 is 11.9 Å². The van der Waals surface area contributed by atoms with E-state index >= 15 is 0 Å². The number of hydrogen-bond acceptors (Lipinski definition) is 4. The molecule has 0 aliphatic carbocycles. The number of carboxylic acids is 1. The zero-order valence-electron chi connectivity index (χ0n) is 12.6. The minimum Gasteiger partial charge on any atom is -0.494 e. The Morgan fingerprint density at radius 2 is 2.14 bits per heavy atom. The van der Waals surface area contributed by atoms with Crippen LogP contribution in [0.15, 0.2) is 24.3 Å². The van der Waals surface area contributed by atoms with Gasteiger partial charge in [0.05, 0.1) is 25.0 Å². The molecule has 1 fully saturated rings. The lowest BCUT2D eigenvalue weighted by Gasteiger charge is -2.20. The Bertz CT molecular complexity index is 508. The highest BCUT2D eigenvalue weighted by Crippen LogP contribution is 2.25. The zero-order chi connectivity index (χ0) is 15.9. The van der Waals surface area contributed by atoms with Gasteiger partial charge < -0.3 is 19.9 Å². The van der Waals surface area contributed by atoms with Crippen molar-refractivity contribution < 1.29 is 24.2 Å². The molecule has 0 unspecified atom stereocenters. The van der Waals surface area contributed by atoms with Crippen molar-refractivity contribution in [3.8, 4) is 5.75 Å². The molecule has 6 nitrogen and oxygen atoms in total. The van der Waals surface area contributed by atoms with Gasteiger partial charge in [0.2, 0.25) is 5.91 Å². The average Bonchev–Trinajstić information content (AvgIpc) is 3.01. The van der Waals surface area contributed by atoms with Crippen molar-refractivity contribution in [3.05, 3.63) is 24.3 Å². The molecule has 0 aromatic heterocycles. The third-order valence-electron chi connectivity index (χ3n) is 3.58. The minimum atomic E-state index is -0.998. The SMILES string of the molecule is CCOc1ccc(NC(=O)[C@H](CC(=O)O)[C@@H]2CCCO2)cc1. The van der Waals surface area contributed by atoms with Crippen LogP contribution in [0.4, 0.5) is 5.69 Å². The third kappa shape index (κ3) is 4.46. The fraction of sp³-hybridized carbons (Fsp3) is 0.500. The van der Waals surface area contributed by atoms with E-state index in [0.29, 0.717) is 25.3 Å². The van der Waals surface area contributed by atoms with E-state index in [1.54, 1.807) is 24.3 Å². The van der Waals surface area contributed by atoms with Crippen LogP contribution in [0.2, 0.25) is 0 Å². The first kappa shape index (κ1) is 16.3. The van der Waals surface area contributed by atoms with Gasteiger partial charge in [-0.2, -0.15) is 0 Å². The van der Waals surface area contributed by atoms with Gasteiger partial charge in [-0.05, 0) is 44.0 Å². The number of carbonyl (C=O) groups is 2. The molecule has 2 N–H and O–H groups in total. The fourth-order valence-corrected chi connectivity index (χ4v) is 2.54. The largest absolute Gasteiger partial charge is 0.494 e. The molecule has 1 saturated heterocycles. The van der Waals surface area contributed by atoms with Gasteiger partial charge in [-0.15, -0.1) is 0 Å². The number of amides is 1. The molecule has 6 heteroatoms. The molecule has 2 atom stereocenters. The quantitative estimate of drug-likeness (QED) is 0.807. The van der Waals surface area contributed by atoms with Crippen molar-refractivity contribution in [2.45, 2.75) is 32.3 Å². The van der Waals surface area contributed by atoms with Crippen molar-refractivity contribution in [2.75, 3.05) is 18.5 Å². The topological polar surface area (TPSA) is 84.9 Å². The summed E-state index contributed by atoms with van der Waals surface area (Å²) in [5, 5.41) is 11.8. The van der Waals surface area contributed by atoms with E-state index in [0.717, 1.165) is 12.2 Å². The van der Waals surface area contributed by atoms with Crippen LogP contribution in [0.3, 0.4) is 0 Å². The predicted octanol–water partition coefficient (Wildman–Crippen LogP) is 2.29. The molecule has 120 valence electrons. The van der Waals surface area contributed by atoms with E-state index in [-0.39, 0.29) is 18.4 Å². The summed E-state index contributed by atoms with van der Waals surface area (Å²) in [5.41, 5.74) is 0.613. The third-order valence-corrected chi connectivity index (χ3v) is 3.58. The summed E-state index contributed by atoms with van der Waals surface area (Å²) >= 11 is 0. The molecular formula is C16H21NO5. The molecule has 1 aromatic carbocycles. The Morgan fingerprint density at radius 1 is 1.41 bits per heavy atom. The molecular weight excluding hydrogens is 286 g/mol. The monoisotopic (exact) mass is 307 g/mol. The normalized spacial score (nSPS) is 18.7. The summed E-state index contributed by atoms with van der Waals surface area (Å²) in [6.45, 7) is 3.05. The minimum absolute atomic E-state index is 0.229. The van der Waals surface area contributed by atoms with Crippen LogP contribution >= 0.6 is 0 Å². The molecule has 0 bridgehead atoms. The number of hydrogen-bond donors (Lipinski definition) is 2. The molecule has 22 heavy (non-hydrogen) atoms. The Hall–Kier alpha value is -2.08. The summed E-state index contributed by atoms with van der Waals surface area (Å²) in [6, 6.07) is 6.99. The maximum Gasteiger partial charge on any atom is 0.304 e. The van der Waals surface area contributed by atoms with Gasteiger partial charge >= 0.3 is 5.97 Å². The molecule has 1 heterocycles. The van der Waals surface area contributed by atoms with Gasteiger partial charge in [-0.3, -0.25) is 9.59 Å². The van der Waals surface area contributed by atoms with Gasteiger partial charge in [-0.1, -0.05) is 0 Å². The van der Waals surface area contributed by atoms with Gasteiger partial charge in [0.15, 0.2) is 0 Å². The number of benzene rings is 1. The van der Waals surface area contributed by atoms with Gasteiger partial charge in [-0.25, -0.2) is 0 Å². The van der Waals surface area contributed by atoms with Crippen LogP contribution in [-0.4, -0.2) is 36.3 Å². The second-order valence-electron chi connectivity index (χ2n) is 5.20. The molecule has 0 spiro atoms. The van der Waals surface area contributed by atoms with E-state index in [4.69, 9.17) is 14.6 Å². The first-order valence-electron chi connectivity index (χ1n) is 7.47. The van der Waals surface area contributed by atoms with Crippen molar-refractivity contribution in [3.63, 3.8) is 0 Å².